The van der Waals surface area contributed by atoms with Crippen LogP contribution >= 0.6 is 0 Å². The summed E-state index contributed by atoms with van der Waals surface area (Å²) in [7, 11) is 0. The third-order valence-corrected chi connectivity index (χ3v) is 3.05. The van der Waals surface area contributed by atoms with E-state index in [9.17, 15) is 22.8 Å². The van der Waals surface area contributed by atoms with Crippen LogP contribution in [-0.2, 0) is 15.8 Å². The van der Waals surface area contributed by atoms with E-state index in [4.69, 9.17) is 4.74 Å². The Morgan fingerprint density at radius 3 is 2.28 bits per heavy atom. The third kappa shape index (κ3) is 5.49. The number of carbonyl (C=O) groups excluding carboxylic acids is 2. The summed E-state index contributed by atoms with van der Waals surface area (Å²) in [5.74, 6) is -1.69. The summed E-state index contributed by atoms with van der Waals surface area (Å²) in [5, 5.41) is 2.59. The minimum Gasteiger partial charge on any atom is -0.423 e. The van der Waals surface area contributed by atoms with Crippen LogP contribution in [0.3, 0.4) is 0 Å². The van der Waals surface area contributed by atoms with Crippen molar-refractivity contribution in [1.82, 2.24) is 0 Å². The zero-order chi connectivity index (χ0) is 18.4. The van der Waals surface area contributed by atoms with Crippen LogP contribution in [0.5, 0.6) is 5.75 Å². The van der Waals surface area contributed by atoms with Crippen LogP contribution in [0.2, 0.25) is 0 Å². The van der Waals surface area contributed by atoms with Gasteiger partial charge >= 0.3 is 12.1 Å². The van der Waals surface area contributed by atoms with Gasteiger partial charge in [0.25, 0.3) is 0 Å². The van der Waals surface area contributed by atoms with Gasteiger partial charge in [-0.25, -0.2) is 4.79 Å². The van der Waals surface area contributed by atoms with Gasteiger partial charge in [0.2, 0.25) is 5.91 Å². The van der Waals surface area contributed by atoms with Crippen LogP contribution in [0.15, 0.2) is 54.6 Å². The minimum absolute atomic E-state index is 0.213. The molecule has 0 heterocycles. The monoisotopic (exact) mass is 349 g/mol. The maximum Gasteiger partial charge on any atom is 0.419 e. The van der Waals surface area contributed by atoms with Gasteiger partial charge in [-0.1, -0.05) is 24.3 Å². The first-order valence-electron chi connectivity index (χ1n) is 7.19. The lowest BCUT2D eigenvalue weighted by atomic mass is 10.2. The van der Waals surface area contributed by atoms with Crippen molar-refractivity contribution in [2.24, 2.45) is 0 Å². The van der Waals surface area contributed by atoms with Gasteiger partial charge in [-0.2, -0.15) is 13.2 Å². The number of halogens is 3. The summed E-state index contributed by atoms with van der Waals surface area (Å²) in [5.41, 5.74) is 0.192. The fraction of sp³-hybridized carbons (Fsp3) is 0.111. The van der Waals surface area contributed by atoms with Gasteiger partial charge < -0.3 is 10.1 Å². The highest BCUT2D eigenvalue weighted by molar-refractivity contribution is 5.90. The van der Waals surface area contributed by atoms with Gasteiger partial charge in [0.05, 0.1) is 5.56 Å². The van der Waals surface area contributed by atoms with Crippen molar-refractivity contribution in [1.29, 1.82) is 0 Å². The molecule has 25 heavy (non-hydrogen) atoms. The lowest BCUT2D eigenvalue weighted by molar-refractivity contribution is -0.140. The van der Waals surface area contributed by atoms with Gasteiger partial charge in [-0.3, -0.25) is 4.79 Å². The molecule has 0 saturated heterocycles. The Morgan fingerprint density at radius 2 is 1.68 bits per heavy atom. The van der Waals surface area contributed by atoms with Gasteiger partial charge in [0.1, 0.15) is 5.75 Å². The molecule has 0 aliphatic rings. The topological polar surface area (TPSA) is 55.4 Å². The number of ether oxygens (including phenoxy) is 1. The van der Waals surface area contributed by atoms with Crippen LogP contribution in [0.4, 0.5) is 18.9 Å². The molecule has 0 atom stereocenters. The standard InChI is InChI=1S/C18H14F3NO3/c1-12(23)22-14-9-6-13(7-10-14)8-11-17(24)25-16-5-3-2-4-15(16)18(19,20)21/h2-11H,1H3,(H,22,23)/b11-8+. The first-order chi connectivity index (χ1) is 11.8. The van der Waals surface area contributed by atoms with Crippen molar-refractivity contribution in [2.45, 2.75) is 13.1 Å². The van der Waals surface area contributed by atoms with E-state index in [1.807, 2.05) is 0 Å². The lowest BCUT2D eigenvalue weighted by Crippen LogP contribution is -2.11. The van der Waals surface area contributed by atoms with Crippen LogP contribution < -0.4 is 10.1 Å². The Morgan fingerprint density at radius 1 is 1.04 bits per heavy atom. The summed E-state index contributed by atoms with van der Waals surface area (Å²) in [6.45, 7) is 1.38. The predicted octanol–water partition coefficient (Wildman–Crippen LogP) is 4.28. The number of alkyl halides is 3. The highest BCUT2D eigenvalue weighted by Gasteiger charge is 2.34. The quantitative estimate of drug-likeness (QED) is 0.509. The van der Waals surface area contributed by atoms with Crippen LogP contribution in [-0.4, -0.2) is 11.9 Å². The molecular formula is C18H14F3NO3. The smallest absolute Gasteiger partial charge is 0.419 e. The SMILES string of the molecule is CC(=O)Nc1ccc(/C=C/C(=O)Oc2ccccc2C(F)(F)F)cc1. The molecule has 0 aromatic heterocycles. The van der Waals surface area contributed by atoms with E-state index in [1.54, 1.807) is 24.3 Å². The number of benzene rings is 2. The zero-order valence-corrected chi connectivity index (χ0v) is 13.1. The van der Waals surface area contributed by atoms with E-state index in [0.717, 1.165) is 18.2 Å². The molecule has 7 heteroatoms. The van der Waals surface area contributed by atoms with E-state index in [-0.39, 0.29) is 5.91 Å². The molecule has 0 saturated carbocycles. The molecule has 1 amide bonds. The summed E-state index contributed by atoms with van der Waals surface area (Å²) in [6.07, 6.45) is -2.18. The molecule has 0 aliphatic heterocycles. The summed E-state index contributed by atoms with van der Waals surface area (Å²) >= 11 is 0. The van der Waals surface area contributed by atoms with Crippen molar-refractivity contribution < 1.29 is 27.5 Å². The highest BCUT2D eigenvalue weighted by Crippen LogP contribution is 2.35. The van der Waals surface area contributed by atoms with Crippen molar-refractivity contribution >= 4 is 23.6 Å². The second-order valence-electron chi connectivity index (χ2n) is 5.05. The first kappa shape index (κ1) is 18.3. The van der Waals surface area contributed by atoms with E-state index < -0.39 is 23.5 Å². The molecule has 2 aromatic rings. The lowest BCUT2D eigenvalue weighted by Gasteiger charge is -2.11. The van der Waals surface area contributed by atoms with Crippen molar-refractivity contribution in [3.63, 3.8) is 0 Å². The Kier molecular flexibility index (Phi) is 5.59. The fourth-order valence-electron chi connectivity index (χ4n) is 1.98. The number of amides is 1. The molecule has 130 valence electrons. The molecule has 4 nitrogen and oxygen atoms in total. The van der Waals surface area contributed by atoms with Gasteiger partial charge in [-0.15, -0.1) is 0 Å². The van der Waals surface area contributed by atoms with Crippen LogP contribution in [0, 0.1) is 0 Å². The Hall–Kier alpha value is -3.09. The van der Waals surface area contributed by atoms with Gasteiger partial charge in [0, 0.05) is 18.7 Å². The normalized spacial score (nSPS) is 11.4. The molecule has 1 N–H and O–H groups in total. The molecule has 2 rings (SSSR count). The maximum atomic E-state index is 12.8. The highest BCUT2D eigenvalue weighted by atomic mass is 19.4. The van der Waals surface area contributed by atoms with Crippen LogP contribution in [0.25, 0.3) is 6.08 Å². The second-order valence-corrected chi connectivity index (χ2v) is 5.05. The zero-order valence-electron chi connectivity index (χ0n) is 13.1. The van der Waals surface area contributed by atoms with E-state index in [2.05, 4.69) is 5.32 Å². The third-order valence-electron chi connectivity index (χ3n) is 3.05. The van der Waals surface area contributed by atoms with Gasteiger partial charge in [0.15, 0.2) is 0 Å². The number of hydrogen-bond acceptors (Lipinski definition) is 3. The maximum absolute atomic E-state index is 12.8. The number of rotatable bonds is 4. The van der Waals surface area contributed by atoms with Crippen molar-refractivity contribution in [3.05, 3.63) is 65.7 Å². The first-order valence-corrected chi connectivity index (χ1v) is 7.19. The molecule has 0 unspecified atom stereocenters. The van der Waals surface area contributed by atoms with E-state index >= 15 is 0 Å². The summed E-state index contributed by atoms with van der Waals surface area (Å²) in [6, 6.07) is 11.0. The fourth-order valence-corrected chi connectivity index (χ4v) is 1.98. The largest absolute Gasteiger partial charge is 0.423 e. The molecular weight excluding hydrogens is 335 g/mol. The molecule has 0 bridgehead atoms. The summed E-state index contributed by atoms with van der Waals surface area (Å²) < 4.78 is 43.3. The predicted molar refractivity (Wildman–Crippen MR) is 86.9 cm³/mol. The van der Waals surface area contributed by atoms with Crippen molar-refractivity contribution in [3.8, 4) is 5.75 Å². The Bertz CT molecular complexity index is 796. The molecule has 2 aromatic carbocycles. The average molecular weight is 349 g/mol. The number of nitrogens with one attached hydrogen (secondary N) is 1. The molecule has 0 spiro atoms. The van der Waals surface area contributed by atoms with E-state index in [1.165, 1.54) is 25.1 Å². The molecule has 0 fully saturated rings. The van der Waals surface area contributed by atoms with E-state index in [0.29, 0.717) is 11.3 Å². The average Bonchev–Trinajstić information content (AvgIpc) is 2.53. The molecule has 0 radical (unpaired) electrons. The van der Waals surface area contributed by atoms with Crippen molar-refractivity contribution in [2.75, 3.05) is 5.32 Å². The minimum atomic E-state index is -4.61. The number of carbonyl (C=O) groups is 2. The number of hydrogen-bond donors (Lipinski definition) is 1. The number of anilines is 1. The second kappa shape index (κ2) is 7.65. The molecule has 0 aliphatic carbocycles. The van der Waals surface area contributed by atoms with Crippen LogP contribution in [0.1, 0.15) is 18.1 Å². The van der Waals surface area contributed by atoms with Gasteiger partial charge in [-0.05, 0) is 35.9 Å². The Balaban J connectivity index is 2.05. The summed E-state index contributed by atoms with van der Waals surface area (Å²) in [4.78, 5) is 22.7. The number of para-hydroxylation sites is 1. The Labute approximate surface area is 141 Å². The number of esters is 1.